The highest BCUT2D eigenvalue weighted by Crippen LogP contribution is 2.38. The summed E-state index contributed by atoms with van der Waals surface area (Å²) in [6, 6.07) is 13.2. The van der Waals surface area contributed by atoms with Gasteiger partial charge in [0.1, 0.15) is 0 Å². The number of benzene rings is 2. The Labute approximate surface area is 184 Å². The Morgan fingerprint density at radius 1 is 0.667 bits per heavy atom. The molecule has 2 aromatic carbocycles. The number of hydrogen-bond donors (Lipinski definition) is 0. The fourth-order valence-electron chi connectivity index (χ4n) is 2.59. The van der Waals surface area contributed by atoms with Crippen molar-refractivity contribution in [1.29, 1.82) is 0 Å². The molecule has 6 nitrogen and oxygen atoms in total. The zero-order valence-corrected chi connectivity index (χ0v) is 19.0. The second-order valence-corrected chi connectivity index (χ2v) is 9.39. The minimum absolute atomic E-state index is 0.0874. The molecule has 0 bridgehead atoms. The summed E-state index contributed by atoms with van der Waals surface area (Å²) in [5, 5.41) is 21.7. The lowest BCUT2D eigenvalue weighted by Crippen LogP contribution is -1.90. The summed E-state index contributed by atoms with van der Waals surface area (Å²) in [6.45, 7) is 8.28. The van der Waals surface area contributed by atoms with E-state index in [1.54, 1.807) is 47.8 Å². The Bertz CT molecular complexity index is 892. The van der Waals surface area contributed by atoms with Gasteiger partial charge in [-0.3, -0.25) is 20.2 Å². The van der Waals surface area contributed by atoms with E-state index >= 15 is 0 Å². The molecule has 0 radical (unpaired) electrons. The van der Waals surface area contributed by atoms with Gasteiger partial charge in [0.05, 0.1) is 9.85 Å². The molecule has 0 unspecified atom stereocenters. The molecule has 0 aliphatic carbocycles. The van der Waals surface area contributed by atoms with Crippen molar-refractivity contribution in [3.05, 3.63) is 89.7 Å². The number of allylic oxidation sites excluding steroid dienone is 4. The number of hydrogen-bond acceptors (Lipinski definition) is 6. The van der Waals surface area contributed by atoms with E-state index in [0.717, 1.165) is 22.6 Å². The summed E-state index contributed by atoms with van der Waals surface area (Å²) < 4.78 is 0. The van der Waals surface area contributed by atoms with Crippen molar-refractivity contribution in [2.24, 2.45) is 0 Å². The molecule has 0 saturated carbocycles. The standard InChI is InChI=1S/C22H24N2O4S2/c1-15(2)21(29-19-9-5-17(6-10-19)23(25)26)13-14-22(16(3)4)30-20-11-7-18(8-12-20)24(27)28/h5-12H,13-14H2,1-4H3. The van der Waals surface area contributed by atoms with Crippen LogP contribution in [0.25, 0.3) is 0 Å². The van der Waals surface area contributed by atoms with Crippen LogP contribution in [0, 0.1) is 20.2 Å². The van der Waals surface area contributed by atoms with Gasteiger partial charge in [-0.1, -0.05) is 34.7 Å². The molecule has 0 amide bonds. The maximum atomic E-state index is 10.8. The molecule has 0 fully saturated rings. The van der Waals surface area contributed by atoms with Crippen molar-refractivity contribution in [2.45, 2.75) is 50.3 Å². The minimum Gasteiger partial charge on any atom is -0.258 e. The summed E-state index contributed by atoms with van der Waals surface area (Å²) in [6.07, 6.45) is 1.70. The number of nitro benzene ring substituents is 2. The maximum Gasteiger partial charge on any atom is 0.269 e. The number of rotatable bonds is 9. The topological polar surface area (TPSA) is 86.3 Å². The first-order chi connectivity index (χ1) is 14.2. The van der Waals surface area contributed by atoms with Crippen LogP contribution in [0.3, 0.4) is 0 Å². The number of nitro groups is 2. The zero-order chi connectivity index (χ0) is 22.3. The summed E-state index contributed by atoms with van der Waals surface area (Å²) in [5.41, 5.74) is 2.60. The van der Waals surface area contributed by atoms with Crippen LogP contribution in [-0.4, -0.2) is 9.85 Å². The van der Waals surface area contributed by atoms with Crippen molar-refractivity contribution in [3.8, 4) is 0 Å². The van der Waals surface area contributed by atoms with Crippen LogP contribution in [0.2, 0.25) is 0 Å². The van der Waals surface area contributed by atoms with Gasteiger partial charge in [0.15, 0.2) is 0 Å². The van der Waals surface area contributed by atoms with Gasteiger partial charge >= 0.3 is 0 Å². The van der Waals surface area contributed by atoms with Crippen molar-refractivity contribution in [1.82, 2.24) is 0 Å². The average molecular weight is 445 g/mol. The molecule has 2 rings (SSSR count). The van der Waals surface area contributed by atoms with Gasteiger partial charge in [0.2, 0.25) is 0 Å². The SMILES string of the molecule is CC(C)=C(CCC(Sc1ccc([N+](=O)[O-])cc1)=C(C)C)Sc1ccc([N+](=O)[O-])cc1. The molecule has 0 aliphatic heterocycles. The maximum absolute atomic E-state index is 10.8. The highest BCUT2D eigenvalue weighted by Gasteiger charge is 2.11. The Morgan fingerprint density at radius 3 is 1.20 bits per heavy atom. The third kappa shape index (κ3) is 7.03. The van der Waals surface area contributed by atoms with Gasteiger partial charge in [0, 0.05) is 34.1 Å². The quantitative estimate of drug-likeness (QED) is 0.223. The van der Waals surface area contributed by atoms with Crippen LogP contribution < -0.4 is 0 Å². The molecule has 0 saturated heterocycles. The first-order valence-electron chi connectivity index (χ1n) is 9.34. The minimum atomic E-state index is -0.396. The van der Waals surface area contributed by atoms with Crippen LogP contribution >= 0.6 is 23.5 Å². The largest absolute Gasteiger partial charge is 0.269 e. The van der Waals surface area contributed by atoms with E-state index in [1.807, 2.05) is 0 Å². The summed E-state index contributed by atoms with van der Waals surface area (Å²) >= 11 is 3.27. The van der Waals surface area contributed by atoms with E-state index in [1.165, 1.54) is 45.2 Å². The van der Waals surface area contributed by atoms with Crippen molar-refractivity contribution in [2.75, 3.05) is 0 Å². The normalized spacial score (nSPS) is 10.4. The van der Waals surface area contributed by atoms with E-state index in [9.17, 15) is 20.2 Å². The molecule has 0 aliphatic rings. The molecule has 0 spiro atoms. The molecule has 0 heterocycles. The van der Waals surface area contributed by atoms with Crippen molar-refractivity contribution >= 4 is 34.9 Å². The van der Waals surface area contributed by atoms with E-state index in [2.05, 4.69) is 27.7 Å². The second-order valence-electron chi connectivity index (χ2n) is 7.05. The first kappa shape index (κ1) is 23.7. The Kier molecular flexibility index (Phi) is 8.68. The van der Waals surface area contributed by atoms with Gasteiger partial charge in [-0.2, -0.15) is 0 Å². The smallest absolute Gasteiger partial charge is 0.258 e. The summed E-state index contributed by atoms with van der Waals surface area (Å²) in [5.74, 6) is 0. The molecule has 0 aromatic heterocycles. The highest BCUT2D eigenvalue weighted by molar-refractivity contribution is 8.03. The molecular weight excluding hydrogens is 420 g/mol. The third-order valence-electron chi connectivity index (χ3n) is 4.27. The van der Waals surface area contributed by atoms with E-state index in [0.29, 0.717) is 0 Å². The lowest BCUT2D eigenvalue weighted by molar-refractivity contribution is -0.385. The van der Waals surface area contributed by atoms with Crippen LogP contribution in [0.15, 0.2) is 79.3 Å². The molecule has 0 N–H and O–H groups in total. The third-order valence-corrected chi connectivity index (χ3v) is 7.00. The molecule has 2 aromatic rings. The zero-order valence-electron chi connectivity index (χ0n) is 17.4. The predicted octanol–water partition coefficient (Wildman–Crippen LogP) is 7.76. The lowest BCUT2D eigenvalue weighted by atomic mass is 10.2. The first-order valence-corrected chi connectivity index (χ1v) is 11.0. The van der Waals surface area contributed by atoms with E-state index < -0.39 is 9.85 Å². The Morgan fingerprint density at radius 2 is 0.967 bits per heavy atom. The molecular formula is C22H24N2O4S2. The van der Waals surface area contributed by atoms with E-state index in [-0.39, 0.29) is 11.4 Å². The Hall–Kier alpha value is -2.58. The predicted molar refractivity (Wildman–Crippen MR) is 124 cm³/mol. The number of nitrogens with zero attached hydrogens (tertiary/aromatic N) is 2. The monoisotopic (exact) mass is 444 g/mol. The summed E-state index contributed by atoms with van der Waals surface area (Å²) in [4.78, 5) is 25.3. The van der Waals surface area contributed by atoms with Gasteiger partial charge in [-0.15, -0.1) is 0 Å². The average Bonchev–Trinajstić information content (AvgIpc) is 2.70. The van der Waals surface area contributed by atoms with Gasteiger partial charge in [-0.25, -0.2) is 0 Å². The lowest BCUT2D eigenvalue weighted by Gasteiger charge is -2.13. The molecule has 30 heavy (non-hydrogen) atoms. The van der Waals surface area contributed by atoms with Gasteiger partial charge in [0.25, 0.3) is 11.4 Å². The van der Waals surface area contributed by atoms with E-state index in [4.69, 9.17) is 0 Å². The van der Waals surface area contributed by atoms with Crippen LogP contribution in [-0.2, 0) is 0 Å². The summed E-state index contributed by atoms with van der Waals surface area (Å²) in [7, 11) is 0. The number of non-ortho nitro benzene ring substituents is 2. The fourth-order valence-corrected chi connectivity index (χ4v) is 4.52. The van der Waals surface area contributed by atoms with Crippen molar-refractivity contribution < 1.29 is 9.85 Å². The van der Waals surface area contributed by atoms with Crippen molar-refractivity contribution in [3.63, 3.8) is 0 Å². The molecule has 8 heteroatoms. The van der Waals surface area contributed by atoms with Crippen LogP contribution in [0.4, 0.5) is 11.4 Å². The highest BCUT2D eigenvalue weighted by atomic mass is 32.2. The van der Waals surface area contributed by atoms with Crippen LogP contribution in [0.5, 0.6) is 0 Å². The molecule has 158 valence electrons. The number of thioether (sulfide) groups is 2. The second kappa shape index (κ2) is 11.0. The van der Waals surface area contributed by atoms with Crippen LogP contribution in [0.1, 0.15) is 40.5 Å². The fraction of sp³-hybridized carbons (Fsp3) is 0.273. The Balaban J connectivity index is 2.07. The molecule has 0 atom stereocenters. The van der Waals surface area contributed by atoms with Gasteiger partial charge in [-0.05, 0) is 74.6 Å². The van der Waals surface area contributed by atoms with Gasteiger partial charge < -0.3 is 0 Å².